The summed E-state index contributed by atoms with van der Waals surface area (Å²) in [6.07, 6.45) is 3.20. The van der Waals surface area contributed by atoms with Gasteiger partial charge in [-0.25, -0.2) is 4.98 Å². The number of nitrogens with one attached hydrogen (secondary N) is 1. The van der Waals surface area contributed by atoms with E-state index in [1.165, 1.54) is 4.57 Å². The molecule has 1 aliphatic rings. The van der Waals surface area contributed by atoms with Crippen molar-refractivity contribution in [3.8, 4) is 6.07 Å². The van der Waals surface area contributed by atoms with Crippen LogP contribution in [0.3, 0.4) is 0 Å². The minimum atomic E-state index is -0.779. The molecule has 1 aromatic heterocycles. The van der Waals surface area contributed by atoms with Crippen LogP contribution in [0, 0.1) is 18.3 Å². The summed E-state index contributed by atoms with van der Waals surface area (Å²) in [6.45, 7) is 1.59. The Morgan fingerprint density at radius 2 is 2.09 bits per heavy atom. The minimum absolute atomic E-state index is 0.119. The molecule has 1 heterocycles. The quantitative estimate of drug-likeness (QED) is 0.934. The maximum absolute atomic E-state index is 12.5. The van der Waals surface area contributed by atoms with Gasteiger partial charge in [0.25, 0.3) is 5.56 Å². The highest BCUT2D eigenvalue weighted by molar-refractivity contribution is 5.79. The normalized spacial score (nSPS) is 16.2. The van der Waals surface area contributed by atoms with Gasteiger partial charge in [-0.3, -0.25) is 14.2 Å². The van der Waals surface area contributed by atoms with Crippen LogP contribution in [0.15, 0.2) is 29.1 Å². The van der Waals surface area contributed by atoms with Crippen molar-refractivity contribution in [2.24, 2.45) is 0 Å². The van der Waals surface area contributed by atoms with Gasteiger partial charge in [0.2, 0.25) is 5.91 Å². The smallest absolute Gasteiger partial charge is 0.261 e. The Kier molecular flexibility index (Phi) is 3.87. The van der Waals surface area contributed by atoms with Crippen molar-refractivity contribution in [3.63, 3.8) is 0 Å². The minimum Gasteiger partial charge on any atom is -0.336 e. The third kappa shape index (κ3) is 2.82. The van der Waals surface area contributed by atoms with Crippen LogP contribution in [-0.2, 0) is 11.3 Å². The van der Waals surface area contributed by atoms with Crippen molar-refractivity contribution in [2.75, 3.05) is 0 Å². The number of rotatable bonds is 3. The molecule has 23 heavy (non-hydrogen) atoms. The predicted octanol–water partition coefficient (Wildman–Crippen LogP) is 1.66. The third-order valence-electron chi connectivity index (χ3n) is 4.40. The van der Waals surface area contributed by atoms with Crippen LogP contribution >= 0.6 is 0 Å². The number of carbonyl (C=O) groups is 1. The highest BCUT2D eigenvalue weighted by Gasteiger charge is 2.35. The summed E-state index contributed by atoms with van der Waals surface area (Å²) in [5, 5.41) is 12.6. The molecule has 6 heteroatoms. The molecular weight excluding hydrogens is 292 g/mol. The summed E-state index contributed by atoms with van der Waals surface area (Å²) in [7, 11) is 0. The maximum atomic E-state index is 12.5. The number of fused-ring (bicyclic) bond motifs is 1. The van der Waals surface area contributed by atoms with Gasteiger partial charge >= 0.3 is 0 Å². The molecule has 6 nitrogen and oxygen atoms in total. The van der Waals surface area contributed by atoms with Gasteiger partial charge in [-0.2, -0.15) is 5.26 Å². The third-order valence-corrected chi connectivity index (χ3v) is 4.40. The summed E-state index contributed by atoms with van der Waals surface area (Å²) in [4.78, 5) is 29.2. The van der Waals surface area contributed by atoms with Crippen molar-refractivity contribution >= 4 is 16.8 Å². The zero-order valence-electron chi connectivity index (χ0n) is 13.0. The number of aryl methyl sites for hydroxylation is 1. The van der Waals surface area contributed by atoms with E-state index in [2.05, 4.69) is 16.4 Å². The highest BCUT2D eigenvalue weighted by atomic mass is 16.2. The lowest BCUT2D eigenvalue weighted by atomic mass is 10.00. The molecule has 0 aliphatic heterocycles. The van der Waals surface area contributed by atoms with E-state index in [1.54, 1.807) is 25.1 Å². The molecule has 1 amide bonds. The van der Waals surface area contributed by atoms with Gasteiger partial charge in [-0.05, 0) is 44.7 Å². The highest BCUT2D eigenvalue weighted by Crippen LogP contribution is 2.28. The van der Waals surface area contributed by atoms with E-state index in [0.717, 1.165) is 12.8 Å². The van der Waals surface area contributed by atoms with Crippen molar-refractivity contribution < 1.29 is 4.79 Å². The first-order valence-electron chi connectivity index (χ1n) is 7.73. The van der Waals surface area contributed by atoms with Crippen molar-refractivity contribution in [2.45, 2.75) is 44.7 Å². The van der Waals surface area contributed by atoms with Crippen molar-refractivity contribution in [1.29, 1.82) is 5.26 Å². The van der Waals surface area contributed by atoms with E-state index in [-0.39, 0.29) is 18.0 Å². The number of hydrogen-bond donors (Lipinski definition) is 1. The van der Waals surface area contributed by atoms with E-state index in [1.807, 2.05) is 6.07 Å². The van der Waals surface area contributed by atoms with Gasteiger partial charge in [0, 0.05) is 0 Å². The standard InChI is InChI=1S/C17H18N4O2/c1-12-19-14-7-3-2-6-13(14)16(23)21(12)10-15(22)20-17(11-18)8-4-5-9-17/h2-3,6-7H,4-5,8-10H2,1H3,(H,20,22). The fourth-order valence-corrected chi connectivity index (χ4v) is 3.16. The lowest BCUT2D eigenvalue weighted by Crippen LogP contribution is -2.47. The second kappa shape index (κ2) is 5.84. The molecule has 0 saturated heterocycles. The van der Waals surface area contributed by atoms with E-state index in [0.29, 0.717) is 29.6 Å². The van der Waals surface area contributed by atoms with E-state index >= 15 is 0 Å². The molecule has 1 N–H and O–H groups in total. The van der Waals surface area contributed by atoms with E-state index < -0.39 is 5.54 Å². The maximum Gasteiger partial charge on any atom is 0.261 e. The van der Waals surface area contributed by atoms with Crippen LogP contribution in [0.5, 0.6) is 0 Å². The van der Waals surface area contributed by atoms with Crippen LogP contribution in [0.4, 0.5) is 0 Å². The first-order chi connectivity index (χ1) is 11.0. The fourth-order valence-electron chi connectivity index (χ4n) is 3.16. The average Bonchev–Trinajstić information content (AvgIpc) is 3.00. The molecule has 0 atom stereocenters. The number of para-hydroxylation sites is 1. The van der Waals surface area contributed by atoms with Crippen LogP contribution in [-0.4, -0.2) is 21.0 Å². The topological polar surface area (TPSA) is 87.8 Å². The number of aromatic nitrogens is 2. The molecule has 3 rings (SSSR count). The molecule has 1 saturated carbocycles. The zero-order valence-corrected chi connectivity index (χ0v) is 13.0. The molecule has 0 unspecified atom stereocenters. The predicted molar refractivity (Wildman–Crippen MR) is 85.7 cm³/mol. The van der Waals surface area contributed by atoms with Crippen molar-refractivity contribution in [3.05, 3.63) is 40.4 Å². The Balaban J connectivity index is 1.88. The summed E-state index contributed by atoms with van der Waals surface area (Å²) in [5.74, 6) is 0.164. The Hall–Kier alpha value is -2.68. The molecule has 2 aromatic rings. The molecule has 118 valence electrons. The summed E-state index contributed by atoms with van der Waals surface area (Å²) in [5.41, 5.74) is -0.393. The second-order valence-electron chi connectivity index (χ2n) is 6.02. The second-order valence-corrected chi connectivity index (χ2v) is 6.02. The number of nitrogens with zero attached hydrogens (tertiary/aromatic N) is 3. The molecular formula is C17H18N4O2. The molecule has 1 aromatic carbocycles. The largest absolute Gasteiger partial charge is 0.336 e. The zero-order chi connectivity index (χ0) is 16.4. The van der Waals surface area contributed by atoms with E-state index in [9.17, 15) is 14.9 Å². The Bertz CT molecular complexity index is 857. The number of carbonyl (C=O) groups excluding carboxylic acids is 1. The van der Waals surface area contributed by atoms with Gasteiger partial charge in [-0.15, -0.1) is 0 Å². The fraction of sp³-hybridized carbons (Fsp3) is 0.412. The van der Waals surface area contributed by atoms with Crippen LogP contribution < -0.4 is 10.9 Å². The van der Waals surface area contributed by atoms with Crippen LogP contribution in [0.1, 0.15) is 31.5 Å². The Morgan fingerprint density at radius 1 is 1.39 bits per heavy atom. The Morgan fingerprint density at radius 3 is 2.78 bits per heavy atom. The lowest BCUT2D eigenvalue weighted by molar-refractivity contribution is -0.123. The molecule has 0 bridgehead atoms. The molecule has 0 radical (unpaired) electrons. The van der Waals surface area contributed by atoms with E-state index in [4.69, 9.17) is 0 Å². The van der Waals surface area contributed by atoms with Gasteiger partial charge in [0.05, 0.1) is 17.0 Å². The number of nitriles is 1. The van der Waals surface area contributed by atoms with Gasteiger partial charge in [0.15, 0.2) is 0 Å². The number of amides is 1. The number of hydrogen-bond acceptors (Lipinski definition) is 4. The van der Waals surface area contributed by atoms with Gasteiger partial charge in [-0.1, -0.05) is 12.1 Å². The van der Waals surface area contributed by atoms with Gasteiger partial charge in [0.1, 0.15) is 17.9 Å². The first-order valence-corrected chi connectivity index (χ1v) is 7.73. The van der Waals surface area contributed by atoms with Gasteiger partial charge < -0.3 is 5.32 Å². The van der Waals surface area contributed by atoms with Crippen molar-refractivity contribution in [1.82, 2.24) is 14.9 Å². The molecule has 1 fully saturated rings. The lowest BCUT2D eigenvalue weighted by Gasteiger charge is -2.22. The van der Waals surface area contributed by atoms with Crippen LogP contribution in [0.25, 0.3) is 10.9 Å². The molecule has 1 aliphatic carbocycles. The summed E-state index contributed by atoms with van der Waals surface area (Å²) in [6, 6.07) is 9.29. The molecule has 0 spiro atoms. The SMILES string of the molecule is Cc1nc2ccccc2c(=O)n1CC(=O)NC1(C#N)CCCC1. The Labute approximate surface area is 133 Å². The summed E-state index contributed by atoms with van der Waals surface area (Å²) >= 11 is 0. The first kappa shape index (κ1) is 15.2. The van der Waals surface area contributed by atoms with Crippen LogP contribution in [0.2, 0.25) is 0 Å². The average molecular weight is 310 g/mol. The summed E-state index contributed by atoms with van der Waals surface area (Å²) < 4.78 is 1.36. The number of benzene rings is 1. The monoisotopic (exact) mass is 310 g/mol.